The molecule has 0 atom stereocenters. The van der Waals surface area contributed by atoms with Crippen LogP contribution in [0.3, 0.4) is 0 Å². The average Bonchev–Trinajstić information content (AvgIpc) is 3.53. The van der Waals surface area contributed by atoms with Gasteiger partial charge >= 0.3 is 0 Å². The molecule has 1 amide bonds. The fourth-order valence-electron chi connectivity index (χ4n) is 3.27. The van der Waals surface area contributed by atoms with Crippen molar-refractivity contribution in [3.05, 3.63) is 63.7 Å². The molecular weight excluding hydrogens is 370 g/mol. The fourth-order valence-corrected chi connectivity index (χ4v) is 3.27. The lowest BCUT2D eigenvalue weighted by atomic mass is 10.0. The van der Waals surface area contributed by atoms with Gasteiger partial charge in [0.15, 0.2) is 0 Å². The first kappa shape index (κ1) is 20.8. The van der Waals surface area contributed by atoms with E-state index in [2.05, 4.69) is 48.3 Å². The Kier molecular flexibility index (Phi) is 6.49. The summed E-state index contributed by atoms with van der Waals surface area (Å²) in [5.74, 6) is 0.601. The first-order valence-electron chi connectivity index (χ1n) is 9.82. The number of nitro groups is 1. The van der Waals surface area contributed by atoms with Crippen molar-refractivity contribution in [2.24, 2.45) is 0 Å². The number of anilines is 1. The average molecular weight is 397 g/mol. The maximum atomic E-state index is 12.6. The van der Waals surface area contributed by atoms with E-state index in [9.17, 15) is 14.9 Å². The molecule has 0 aromatic heterocycles. The van der Waals surface area contributed by atoms with Gasteiger partial charge in [-0.2, -0.15) is 0 Å². The van der Waals surface area contributed by atoms with Crippen molar-refractivity contribution in [2.45, 2.75) is 45.2 Å². The molecule has 0 unspecified atom stereocenters. The first-order chi connectivity index (χ1) is 13.9. The van der Waals surface area contributed by atoms with Gasteiger partial charge in [0.25, 0.3) is 5.69 Å². The maximum Gasteiger partial charge on any atom is 0.273 e. The van der Waals surface area contributed by atoms with Gasteiger partial charge in [0.05, 0.1) is 30.3 Å². The molecule has 2 aromatic carbocycles. The number of benzene rings is 2. The standard InChI is InChI=1S/C22H27N3O4/c1-15(2)17-6-4-16(5-7-17)13-24(18-8-9-18)14-22(26)23-20-11-10-19(25(27)28)12-21(20)29-3/h4-7,10-12,15,18H,8-9,13-14H2,1-3H3,(H,23,26). The van der Waals surface area contributed by atoms with E-state index in [-0.39, 0.29) is 23.9 Å². The number of methoxy groups -OCH3 is 1. The summed E-state index contributed by atoms with van der Waals surface area (Å²) in [4.78, 5) is 25.2. The normalized spacial score (nSPS) is 13.6. The fraction of sp³-hybridized carbons (Fsp3) is 0.409. The van der Waals surface area contributed by atoms with Crippen molar-refractivity contribution in [1.29, 1.82) is 0 Å². The van der Waals surface area contributed by atoms with Crippen LogP contribution in [-0.2, 0) is 11.3 Å². The van der Waals surface area contributed by atoms with Gasteiger partial charge in [0.1, 0.15) is 5.75 Å². The minimum atomic E-state index is -0.493. The van der Waals surface area contributed by atoms with Crippen LogP contribution in [0.1, 0.15) is 43.7 Å². The Bertz CT molecular complexity index is 876. The monoisotopic (exact) mass is 397 g/mol. The van der Waals surface area contributed by atoms with Gasteiger partial charge in [-0.05, 0) is 36.0 Å². The van der Waals surface area contributed by atoms with Crippen molar-refractivity contribution in [3.63, 3.8) is 0 Å². The summed E-state index contributed by atoms with van der Waals surface area (Å²) in [5.41, 5.74) is 2.83. The van der Waals surface area contributed by atoms with Gasteiger partial charge in [-0.1, -0.05) is 38.1 Å². The quantitative estimate of drug-likeness (QED) is 0.503. The molecule has 1 saturated carbocycles. The number of nitrogens with zero attached hydrogens (tertiary/aromatic N) is 2. The Morgan fingerprint density at radius 2 is 1.93 bits per heavy atom. The van der Waals surface area contributed by atoms with Gasteiger partial charge in [0.2, 0.25) is 5.91 Å². The van der Waals surface area contributed by atoms with Crippen LogP contribution in [0.15, 0.2) is 42.5 Å². The molecule has 29 heavy (non-hydrogen) atoms. The second-order valence-corrected chi connectivity index (χ2v) is 7.72. The van der Waals surface area contributed by atoms with E-state index in [4.69, 9.17) is 4.74 Å². The molecule has 0 bridgehead atoms. The predicted octanol–water partition coefficient (Wildman–Crippen LogP) is 4.33. The molecule has 0 aliphatic heterocycles. The highest BCUT2D eigenvalue weighted by atomic mass is 16.6. The summed E-state index contributed by atoms with van der Waals surface area (Å²) in [6, 6.07) is 13.1. The number of rotatable bonds is 9. The molecular formula is C22H27N3O4. The highest BCUT2D eigenvalue weighted by Gasteiger charge is 2.30. The summed E-state index contributed by atoms with van der Waals surface area (Å²) in [5, 5.41) is 13.7. The van der Waals surface area contributed by atoms with E-state index in [1.165, 1.54) is 36.4 Å². The van der Waals surface area contributed by atoms with Crippen LogP contribution in [0.2, 0.25) is 0 Å². The summed E-state index contributed by atoms with van der Waals surface area (Å²) in [7, 11) is 1.42. The molecule has 2 aromatic rings. The third kappa shape index (κ3) is 5.54. The number of hydrogen-bond acceptors (Lipinski definition) is 5. The predicted molar refractivity (Wildman–Crippen MR) is 112 cm³/mol. The van der Waals surface area contributed by atoms with Crippen molar-refractivity contribution in [1.82, 2.24) is 4.90 Å². The zero-order valence-corrected chi connectivity index (χ0v) is 17.1. The number of nitrogens with one attached hydrogen (secondary N) is 1. The number of carbonyl (C=O) groups excluding carboxylic acids is 1. The molecule has 0 heterocycles. The van der Waals surface area contributed by atoms with Crippen molar-refractivity contribution in [2.75, 3.05) is 19.0 Å². The van der Waals surface area contributed by atoms with Gasteiger partial charge in [-0.15, -0.1) is 0 Å². The van der Waals surface area contributed by atoms with Crippen molar-refractivity contribution in [3.8, 4) is 5.75 Å². The van der Waals surface area contributed by atoms with Gasteiger partial charge < -0.3 is 10.1 Å². The Labute approximate surface area is 170 Å². The lowest BCUT2D eigenvalue weighted by molar-refractivity contribution is -0.384. The van der Waals surface area contributed by atoms with E-state index in [0.717, 1.165) is 12.8 Å². The van der Waals surface area contributed by atoms with Crippen LogP contribution >= 0.6 is 0 Å². The van der Waals surface area contributed by atoms with Crippen LogP contribution in [0.5, 0.6) is 5.75 Å². The van der Waals surface area contributed by atoms with E-state index < -0.39 is 4.92 Å². The Balaban J connectivity index is 1.65. The molecule has 0 saturated heterocycles. The van der Waals surface area contributed by atoms with E-state index in [1.54, 1.807) is 0 Å². The van der Waals surface area contributed by atoms with Gasteiger partial charge in [-0.3, -0.25) is 19.8 Å². The number of amides is 1. The van der Waals surface area contributed by atoms with E-state index >= 15 is 0 Å². The van der Waals surface area contributed by atoms with E-state index in [1.807, 2.05) is 0 Å². The van der Waals surface area contributed by atoms with Crippen LogP contribution in [-0.4, -0.2) is 35.4 Å². The molecule has 154 valence electrons. The van der Waals surface area contributed by atoms with Crippen LogP contribution in [0, 0.1) is 10.1 Å². The Morgan fingerprint density at radius 1 is 1.24 bits per heavy atom. The molecule has 7 nitrogen and oxygen atoms in total. The summed E-state index contributed by atoms with van der Waals surface area (Å²) in [6.45, 7) is 5.31. The van der Waals surface area contributed by atoms with Crippen molar-refractivity contribution >= 4 is 17.3 Å². The largest absolute Gasteiger partial charge is 0.494 e. The zero-order valence-electron chi connectivity index (χ0n) is 17.1. The molecule has 1 N–H and O–H groups in total. The highest BCUT2D eigenvalue weighted by Crippen LogP contribution is 2.30. The van der Waals surface area contributed by atoms with Gasteiger partial charge in [0, 0.05) is 18.7 Å². The van der Waals surface area contributed by atoms with Crippen molar-refractivity contribution < 1.29 is 14.5 Å². The van der Waals surface area contributed by atoms with Crippen LogP contribution in [0.25, 0.3) is 0 Å². The smallest absolute Gasteiger partial charge is 0.273 e. The van der Waals surface area contributed by atoms with Crippen LogP contribution in [0.4, 0.5) is 11.4 Å². The Morgan fingerprint density at radius 3 is 2.48 bits per heavy atom. The number of ether oxygens (including phenoxy) is 1. The van der Waals surface area contributed by atoms with E-state index in [0.29, 0.717) is 24.2 Å². The third-order valence-corrected chi connectivity index (χ3v) is 5.11. The first-order valence-corrected chi connectivity index (χ1v) is 9.82. The number of carbonyl (C=O) groups is 1. The lowest BCUT2D eigenvalue weighted by Gasteiger charge is -2.22. The minimum absolute atomic E-state index is 0.0794. The highest BCUT2D eigenvalue weighted by molar-refractivity contribution is 5.94. The van der Waals surface area contributed by atoms with Crippen LogP contribution < -0.4 is 10.1 Å². The molecule has 1 aliphatic rings. The summed E-state index contributed by atoms with van der Waals surface area (Å²) < 4.78 is 5.20. The zero-order chi connectivity index (χ0) is 21.0. The number of nitro benzene ring substituents is 1. The molecule has 0 radical (unpaired) electrons. The molecule has 0 spiro atoms. The number of non-ortho nitro benzene ring substituents is 1. The second kappa shape index (κ2) is 9.05. The maximum absolute atomic E-state index is 12.6. The minimum Gasteiger partial charge on any atom is -0.494 e. The number of hydrogen-bond donors (Lipinski definition) is 1. The third-order valence-electron chi connectivity index (χ3n) is 5.11. The molecule has 7 heteroatoms. The molecule has 3 rings (SSSR count). The lowest BCUT2D eigenvalue weighted by Crippen LogP contribution is -2.34. The molecule has 1 aliphatic carbocycles. The Hall–Kier alpha value is -2.93. The SMILES string of the molecule is COc1cc([N+](=O)[O-])ccc1NC(=O)CN(Cc1ccc(C(C)C)cc1)C1CC1. The second-order valence-electron chi connectivity index (χ2n) is 7.72. The van der Waals surface area contributed by atoms with Gasteiger partial charge in [-0.25, -0.2) is 0 Å². The molecule has 1 fully saturated rings. The topological polar surface area (TPSA) is 84.7 Å². The summed E-state index contributed by atoms with van der Waals surface area (Å²) >= 11 is 0. The summed E-state index contributed by atoms with van der Waals surface area (Å²) in [6.07, 6.45) is 2.19.